The van der Waals surface area contributed by atoms with Crippen molar-refractivity contribution in [3.05, 3.63) is 59.2 Å². The highest BCUT2D eigenvalue weighted by Gasteiger charge is 2.43. The fourth-order valence-corrected chi connectivity index (χ4v) is 7.73. The molecule has 0 radical (unpaired) electrons. The first-order valence-electron chi connectivity index (χ1n) is 9.75. The lowest BCUT2D eigenvalue weighted by molar-refractivity contribution is 0.0680. The average molecular weight is 446 g/mol. The Hall–Kier alpha value is -2.52. The summed E-state index contributed by atoms with van der Waals surface area (Å²) in [6.45, 7) is 0. The molecule has 1 aliphatic carbocycles. The van der Waals surface area contributed by atoms with Crippen LogP contribution < -0.4 is 0 Å². The molecule has 2 aromatic rings. The quantitative estimate of drug-likeness (QED) is 0.609. The average Bonchev–Trinajstić information content (AvgIpc) is 3.48. The van der Waals surface area contributed by atoms with Crippen molar-refractivity contribution < 1.29 is 26.4 Å². The summed E-state index contributed by atoms with van der Waals surface area (Å²) >= 11 is 0. The predicted molar refractivity (Wildman–Crippen MR) is 108 cm³/mol. The van der Waals surface area contributed by atoms with E-state index in [-0.39, 0.29) is 49.9 Å². The normalized spacial score (nSPS) is 23.5. The predicted octanol–water partition coefficient (Wildman–Crippen LogP) is 1.86. The maximum absolute atomic E-state index is 13.3. The van der Waals surface area contributed by atoms with Crippen LogP contribution in [0.4, 0.5) is 0 Å². The molecule has 1 atom stereocenters. The van der Waals surface area contributed by atoms with Gasteiger partial charge in [0.1, 0.15) is 0 Å². The number of benzene rings is 2. The molecule has 1 amide bonds. The Kier molecular flexibility index (Phi) is 4.20. The van der Waals surface area contributed by atoms with E-state index >= 15 is 0 Å². The molecule has 30 heavy (non-hydrogen) atoms. The van der Waals surface area contributed by atoms with E-state index in [1.54, 1.807) is 17.0 Å². The lowest BCUT2D eigenvalue weighted by atomic mass is 10.0. The SMILES string of the molecule is O=C1c2ccccc2S(=O)(=O)c2cc(C(=O)N(C3CC3)[C@H]3CCS(=O)(=O)C3)ccc21. The molecule has 2 aliphatic heterocycles. The smallest absolute Gasteiger partial charge is 0.254 e. The van der Waals surface area contributed by atoms with Gasteiger partial charge in [-0.3, -0.25) is 9.59 Å². The minimum absolute atomic E-state index is 0.0224. The Balaban J connectivity index is 1.56. The molecular weight excluding hydrogens is 426 g/mol. The minimum atomic E-state index is -3.95. The molecule has 1 saturated carbocycles. The Bertz CT molecular complexity index is 1310. The Labute approximate surface area is 174 Å². The molecule has 0 unspecified atom stereocenters. The standard InChI is InChI=1S/C21H19NO6S2/c23-20-16-3-1-2-4-18(16)30(27,28)19-11-13(5-8-17(19)20)21(24)22(14-6-7-14)15-9-10-29(25,26)12-15/h1-5,8,11,14-15H,6-7,9-10,12H2/t15-/m0/s1. The monoisotopic (exact) mass is 445 g/mol. The van der Waals surface area contributed by atoms with Crippen LogP contribution in [0, 0.1) is 0 Å². The van der Waals surface area contributed by atoms with Gasteiger partial charge in [-0.05, 0) is 49.6 Å². The van der Waals surface area contributed by atoms with Gasteiger partial charge in [-0.2, -0.15) is 0 Å². The van der Waals surface area contributed by atoms with Gasteiger partial charge in [-0.15, -0.1) is 0 Å². The molecule has 0 N–H and O–H groups in total. The van der Waals surface area contributed by atoms with Gasteiger partial charge in [-0.1, -0.05) is 12.1 Å². The van der Waals surface area contributed by atoms with E-state index in [0.717, 1.165) is 12.8 Å². The summed E-state index contributed by atoms with van der Waals surface area (Å²) in [5, 5.41) is 0. The van der Waals surface area contributed by atoms with Crippen molar-refractivity contribution in [1.82, 2.24) is 4.90 Å². The highest BCUT2D eigenvalue weighted by atomic mass is 32.2. The van der Waals surface area contributed by atoms with Crippen LogP contribution in [0.2, 0.25) is 0 Å². The van der Waals surface area contributed by atoms with Crippen molar-refractivity contribution in [2.45, 2.75) is 41.1 Å². The van der Waals surface area contributed by atoms with Gasteiger partial charge >= 0.3 is 0 Å². The first-order chi connectivity index (χ1) is 14.2. The number of hydrogen-bond acceptors (Lipinski definition) is 6. The Morgan fingerprint density at radius 1 is 0.867 bits per heavy atom. The van der Waals surface area contributed by atoms with Gasteiger partial charge in [0.25, 0.3) is 5.91 Å². The lowest BCUT2D eigenvalue weighted by Crippen LogP contribution is -2.42. The Morgan fingerprint density at radius 3 is 2.23 bits per heavy atom. The second kappa shape index (κ2) is 6.49. The molecule has 5 rings (SSSR count). The second-order valence-electron chi connectivity index (χ2n) is 8.04. The Morgan fingerprint density at radius 2 is 1.57 bits per heavy atom. The first-order valence-corrected chi connectivity index (χ1v) is 13.1. The number of hydrogen-bond donors (Lipinski definition) is 0. The number of fused-ring (bicyclic) bond motifs is 2. The summed E-state index contributed by atoms with van der Waals surface area (Å²) in [5.74, 6) is -0.790. The number of ketones is 1. The number of carbonyl (C=O) groups excluding carboxylic acids is 2. The van der Waals surface area contributed by atoms with Gasteiger partial charge in [0.15, 0.2) is 15.6 Å². The van der Waals surface area contributed by atoms with Gasteiger partial charge < -0.3 is 4.90 Å². The fraction of sp³-hybridized carbons (Fsp3) is 0.333. The van der Waals surface area contributed by atoms with E-state index in [2.05, 4.69) is 0 Å². The highest BCUT2D eigenvalue weighted by Crippen LogP contribution is 2.37. The summed E-state index contributed by atoms with van der Waals surface area (Å²) in [5.41, 5.74) is 0.326. The minimum Gasteiger partial charge on any atom is -0.332 e. The zero-order valence-electron chi connectivity index (χ0n) is 15.9. The third-order valence-corrected chi connectivity index (χ3v) is 9.56. The molecule has 1 saturated heterocycles. The van der Waals surface area contributed by atoms with Gasteiger partial charge in [0.2, 0.25) is 9.84 Å². The molecule has 156 valence electrons. The van der Waals surface area contributed by atoms with E-state index in [4.69, 9.17) is 0 Å². The van der Waals surface area contributed by atoms with Crippen LogP contribution in [-0.4, -0.2) is 57.0 Å². The molecule has 0 bridgehead atoms. The van der Waals surface area contributed by atoms with E-state index in [1.807, 2.05) is 0 Å². The van der Waals surface area contributed by atoms with Crippen LogP contribution in [0.1, 0.15) is 45.5 Å². The summed E-state index contributed by atoms with van der Waals surface area (Å²) in [6.07, 6.45) is 1.99. The largest absolute Gasteiger partial charge is 0.332 e. The van der Waals surface area contributed by atoms with Crippen molar-refractivity contribution in [2.24, 2.45) is 0 Å². The molecule has 7 nitrogen and oxygen atoms in total. The van der Waals surface area contributed by atoms with E-state index < -0.39 is 31.5 Å². The number of carbonyl (C=O) groups is 2. The maximum atomic E-state index is 13.3. The molecule has 2 fully saturated rings. The first kappa shape index (κ1) is 19.4. The van der Waals surface area contributed by atoms with Crippen molar-refractivity contribution in [3.8, 4) is 0 Å². The van der Waals surface area contributed by atoms with E-state index in [0.29, 0.717) is 6.42 Å². The summed E-state index contributed by atoms with van der Waals surface area (Å²) in [6, 6.07) is 9.72. The molecule has 9 heteroatoms. The number of nitrogens with zero attached hydrogens (tertiary/aromatic N) is 1. The van der Waals surface area contributed by atoms with Gasteiger partial charge in [0.05, 0.1) is 21.3 Å². The number of rotatable bonds is 3. The number of amides is 1. The van der Waals surface area contributed by atoms with Gasteiger partial charge in [-0.25, -0.2) is 16.8 Å². The van der Waals surface area contributed by atoms with Crippen LogP contribution >= 0.6 is 0 Å². The van der Waals surface area contributed by atoms with Crippen LogP contribution in [0.3, 0.4) is 0 Å². The van der Waals surface area contributed by atoms with Crippen LogP contribution in [0.5, 0.6) is 0 Å². The highest BCUT2D eigenvalue weighted by molar-refractivity contribution is 7.92. The summed E-state index contributed by atoms with van der Waals surface area (Å²) in [7, 11) is -7.12. The lowest BCUT2D eigenvalue weighted by Gasteiger charge is -2.29. The van der Waals surface area contributed by atoms with Crippen LogP contribution in [0.15, 0.2) is 52.3 Å². The fourth-order valence-electron chi connectivity index (χ4n) is 4.34. The van der Waals surface area contributed by atoms with E-state index in [1.165, 1.54) is 30.3 Å². The molecule has 0 aromatic heterocycles. The van der Waals surface area contributed by atoms with E-state index in [9.17, 15) is 26.4 Å². The molecule has 3 aliphatic rings. The molecule has 2 heterocycles. The van der Waals surface area contributed by atoms with Gasteiger partial charge in [0, 0.05) is 28.8 Å². The van der Waals surface area contributed by atoms with Crippen LogP contribution in [0.25, 0.3) is 0 Å². The van der Waals surface area contributed by atoms with Crippen molar-refractivity contribution >= 4 is 31.4 Å². The molecular formula is C21H19NO6S2. The van der Waals surface area contributed by atoms with Crippen molar-refractivity contribution in [1.29, 1.82) is 0 Å². The van der Waals surface area contributed by atoms with Crippen LogP contribution in [-0.2, 0) is 19.7 Å². The van der Waals surface area contributed by atoms with Crippen molar-refractivity contribution in [2.75, 3.05) is 11.5 Å². The molecule has 2 aromatic carbocycles. The van der Waals surface area contributed by atoms with Crippen molar-refractivity contribution in [3.63, 3.8) is 0 Å². The second-order valence-corrected chi connectivity index (χ2v) is 12.2. The summed E-state index contributed by atoms with van der Waals surface area (Å²) < 4.78 is 50.1. The molecule has 0 spiro atoms. The topological polar surface area (TPSA) is 106 Å². The number of sulfone groups is 2. The zero-order chi connectivity index (χ0) is 21.3. The summed E-state index contributed by atoms with van der Waals surface area (Å²) in [4.78, 5) is 27.5. The third kappa shape index (κ3) is 2.99. The zero-order valence-corrected chi connectivity index (χ0v) is 17.6. The third-order valence-electron chi connectivity index (χ3n) is 5.96. The maximum Gasteiger partial charge on any atom is 0.254 e.